The van der Waals surface area contributed by atoms with Gasteiger partial charge in [-0.2, -0.15) is 0 Å². The summed E-state index contributed by atoms with van der Waals surface area (Å²) in [6, 6.07) is 93.6. The van der Waals surface area contributed by atoms with Crippen molar-refractivity contribution in [1.29, 1.82) is 0 Å². The van der Waals surface area contributed by atoms with Gasteiger partial charge in [0, 0.05) is 82.7 Å². The van der Waals surface area contributed by atoms with Gasteiger partial charge < -0.3 is 9.13 Å². The number of nitrogens with zero attached hydrogens (tertiary/aromatic N) is 2. The quantitative estimate of drug-likeness (QED) is 0.166. The van der Waals surface area contributed by atoms with Gasteiger partial charge in [0.2, 0.25) is 0 Å². The maximum atomic E-state index is 2.45. The van der Waals surface area contributed by atoms with Gasteiger partial charge in [-0.25, -0.2) is 0 Å². The molecule has 0 aliphatic rings. The average molecular weight is 1060 g/mol. The van der Waals surface area contributed by atoms with Gasteiger partial charge in [0.1, 0.15) is 0 Å². The van der Waals surface area contributed by atoms with E-state index in [0.717, 1.165) is 0 Å². The smallest absolute Gasteiger partial charge is 0.0734 e. The molecule has 18 rings (SSSR count). The molecule has 0 saturated carbocycles. The summed E-state index contributed by atoms with van der Waals surface area (Å²) in [6.07, 6.45) is 0. The number of fused-ring (bicyclic) bond motifs is 18. The fourth-order valence-electron chi connectivity index (χ4n) is 12.4. The van der Waals surface area contributed by atoms with Crippen molar-refractivity contribution in [2.45, 2.75) is 0 Å². The van der Waals surface area contributed by atoms with E-state index < -0.39 is 0 Å². The van der Waals surface area contributed by atoms with Crippen LogP contribution < -0.4 is 0 Å². The van der Waals surface area contributed by atoms with E-state index in [4.69, 9.17) is 0 Å². The van der Waals surface area contributed by atoms with Crippen LogP contribution in [0.5, 0.6) is 0 Å². The van der Waals surface area contributed by atoms with Crippen LogP contribution in [0, 0.1) is 0 Å². The third-order valence-corrected chi connectivity index (χ3v) is 20.5. The largest absolute Gasteiger partial charge is 0.308 e. The molecule has 2 nitrogen and oxygen atoms in total. The van der Waals surface area contributed by atoms with E-state index in [1.54, 1.807) is 0 Å². The first kappa shape index (κ1) is 44.3. The molecule has 18 aromatic rings. The highest BCUT2D eigenvalue weighted by Crippen LogP contribution is 2.48. The summed E-state index contributed by atoms with van der Waals surface area (Å²) in [6.45, 7) is 0. The van der Waals surface area contributed by atoms with Gasteiger partial charge in [0.15, 0.2) is 0 Å². The van der Waals surface area contributed by atoms with Crippen molar-refractivity contribution in [3.8, 4) is 33.6 Å². The summed E-state index contributed by atoms with van der Waals surface area (Å²) in [5, 5.41) is 15.9. The van der Waals surface area contributed by atoms with Crippen molar-refractivity contribution in [1.82, 2.24) is 9.13 Å². The molecule has 6 heterocycles. The van der Waals surface area contributed by atoms with Crippen molar-refractivity contribution < 1.29 is 0 Å². The highest BCUT2D eigenvalue weighted by Gasteiger charge is 2.22. The van der Waals surface area contributed by atoms with Crippen molar-refractivity contribution >= 4 is 170 Å². The molecule has 0 radical (unpaired) electrons. The lowest BCUT2D eigenvalue weighted by molar-refractivity contribution is 1.19. The predicted octanol–water partition coefficient (Wildman–Crippen LogP) is 22.4. The third-order valence-electron chi connectivity index (χ3n) is 15.9. The molecular weight excluding hydrogens is 1020 g/mol. The average Bonchev–Trinajstić information content (AvgIpc) is 4.54. The minimum Gasteiger partial charge on any atom is -0.308 e. The van der Waals surface area contributed by atoms with Crippen molar-refractivity contribution in [3.05, 3.63) is 255 Å². The molecule has 0 unspecified atom stereocenters. The third kappa shape index (κ3) is 6.77. The van der Waals surface area contributed by atoms with E-state index >= 15 is 0 Å². The molecule has 6 aromatic heterocycles. The van der Waals surface area contributed by atoms with E-state index in [1.165, 1.54) is 158 Å². The highest BCUT2D eigenvalue weighted by molar-refractivity contribution is 7.27. The number of hydrogen-bond donors (Lipinski definition) is 0. The fourth-order valence-corrected chi connectivity index (χ4v) is 17.2. The first-order chi connectivity index (χ1) is 38.6. The van der Waals surface area contributed by atoms with E-state index in [-0.39, 0.29) is 0 Å². The second kappa shape index (κ2) is 17.3. The summed E-state index contributed by atoms with van der Waals surface area (Å²) in [4.78, 5) is 0. The zero-order chi connectivity index (χ0) is 51.0. The second-order valence-electron chi connectivity index (χ2n) is 20.3. The van der Waals surface area contributed by atoms with Gasteiger partial charge in [0.05, 0.1) is 31.5 Å². The molecule has 0 fully saturated rings. The van der Waals surface area contributed by atoms with Gasteiger partial charge in [-0.15, -0.1) is 45.3 Å². The Labute approximate surface area is 463 Å². The zero-order valence-electron chi connectivity index (χ0n) is 41.8. The fraction of sp³-hybridized carbons (Fsp3) is 0. The van der Waals surface area contributed by atoms with E-state index in [9.17, 15) is 0 Å². The Balaban J connectivity index is 0.000000126. The molecule has 0 N–H and O–H groups in total. The lowest BCUT2D eigenvalue weighted by atomic mass is 9.99. The Bertz CT molecular complexity index is 5450. The Morgan fingerprint density at radius 2 is 0.705 bits per heavy atom. The van der Waals surface area contributed by atoms with E-state index in [1.807, 2.05) is 45.3 Å². The van der Waals surface area contributed by atoms with Crippen LogP contribution in [0.2, 0.25) is 0 Å². The topological polar surface area (TPSA) is 9.86 Å². The summed E-state index contributed by atoms with van der Waals surface area (Å²) in [5.41, 5.74) is 12.6. The molecule has 0 aliphatic heterocycles. The monoisotopic (exact) mass is 1060 g/mol. The number of hydrogen-bond acceptors (Lipinski definition) is 4. The van der Waals surface area contributed by atoms with Crippen LogP contribution in [0.25, 0.3) is 158 Å². The molecule has 0 aliphatic carbocycles. The van der Waals surface area contributed by atoms with Gasteiger partial charge in [0.25, 0.3) is 0 Å². The van der Waals surface area contributed by atoms with Crippen LogP contribution >= 0.6 is 45.3 Å². The minimum absolute atomic E-state index is 1.20. The molecule has 12 aromatic carbocycles. The van der Waals surface area contributed by atoms with Gasteiger partial charge in [-0.1, -0.05) is 164 Å². The predicted molar refractivity (Wildman–Crippen MR) is 344 cm³/mol. The standard InChI is InChI=1S/2C36H21NS2/c1-2-11-25(12-3-1)37-30-15-7-6-13-28(30)36-35(37)34-26(14-8-16-31(34)39-36)24-17-18-27-29-19-22-9-4-5-10-23(22)20-33(29)38-32(27)21-24;1-2-10-26(11-3-1)37-31-13-7-6-12-28(31)36-35(37)30-19-24(15-17-32(30)39-36)25-14-16-27-29-18-22-8-4-5-9-23(22)20-34(29)38-33(27)21-25/h2*1-21H. The van der Waals surface area contributed by atoms with Crippen LogP contribution in [-0.4, -0.2) is 9.13 Å². The maximum Gasteiger partial charge on any atom is 0.0734 e. The molecule has 0 bridgehead atoms. The molecular formula is C72H42N2S4. The Morgan fingerprint density at radius 3 is 1.32 bits per heavy atom. The minimum atomic E-state index is 1.20. The van der Waals surface area contributed by atoms with Gasteiger partial charge in [-0.3, -0.25) is 0 Å². The van der Waals surface area contributed by atoms with Crippen molar-refractivity contribution in [2.24, 2.45) is 0 Å². The molecule has 0 amide bonds. The normalized spacial score (nSPS) is 12.1. The molecule has 0 spiro atoms. The van der Waals surface area contributed by atoms with Crippen LogP contribution in [-0.2, 0) is 0 Å². The second-order valence-corrected chi connectivity index (χ2v) is 24.6. The Morgan fingerprint density at radius 1 is 0.244 bits per heavy atom. The number of aromatic nitrogens is 2. The summed E-state index contributed by atoms with van der Waals surface area (Å²) < 4.78 is 15.6. The van der Waals surface area contributed by atoms with Crippen LogP contribution in [0.3, 0.4) is 0 Å². The molecule has 6 heteroatoms. The lowest BCUT2D eigenvalue weighted by Crippen LogP contribution is -1.93. The molecule has 0 saturated heterocycles. The highest BCUT2D eigenvalue weighted by atomic mass is 32.1. The molecule has 0 atom stereocenters. The van der Waals surface area contributed by atoms with E-state index in [2.05, 4.69) is 264 Å². The number of benzene rings is 12. The first-order valence-corrected chi connectivity index (χ1v) is 29.6. The molecule has 364 valence electrons. The lowest BCUT2D eigenvalue weighted by Gasteiger charge is -2.10. The summed E-state index contributed by atoms with van der Waals surface area (Å²) >= 11 is 7.60. The zero-order valence-corrected chi connectivity index (χ0v) is 45.0. The van der Waals surface area contributed by atoms with Crippen molar-refractivity contribution in [3.63, 3.8) is 0 Å². The SMILES string of the molecule is c1ccc(-n2c3ccccc3c3sc4ccc(-c5ccc6c(c5)sc5cc7ccccc7cc56)cc4c32)cc1.c1ccc(-n2c3ccccc3c3sc4cccc(-c5ccc6c(c5)sc5cc7ccccc7cc56)c4c32)cc1. The van der Waals surface area contributed by atoms with Crippen molar-refractivity contribution in [2.75, 3.05) is 0 Å². The summed E-state index contributed by atoms with van der Waals surface area (Å²) in [7, 11) is 0. The van der Waals surface area contributed by atoms with Crippen LogP contribution in [0.4, 0.5) is 0 Å². The van der Waals surface area contributed by atoms with Gasteiger partial charge in [-0.05, 0) is 135 Å². The van der Waals surface area contributed by atoms with Gasteiger partial charge >= 0.3 is 0 Å². The van der Waals surface area contributed by atoms with Crippen LogP contribution in [0.1, 0.15) is 0 Å². The first-order valence-electron chi connectivity index (χ1n) is 26.4. The summed E-state index contributed by atoms with van der Waals surface area (Å²) in [5.74, 6) is 0. The Kier molecular flexibility index (Phi) is 9.83. The van der Waals surface area contributed by atoms with Crippen LogP contribution in [0.15, 0.2) is 255 Å². The van der Waals surface area contributed by atoms with E-state index in [0.29, 0.717) is 0 Å². The number of rotatable bonds is 4. The number of thiophene rings is 4. The number of para-hydroxylation sites is 4. The maximum absolute atomic E-state index is 2.45. The Hall–Kier alpha value is -8.88. The molecule has 78 heavy (non-hydrogen) atoms.